The van der Waals surface area contributed by atoms with Crippen LogP contribution in [0.1, 0.15) is 17.4 Å². The Hall–Kier alpha value is -1.33. The summed E-state index contributed by atoms with van der Waals surface area (Å²) in [7, 11) is 0. The average Bonchev–Trinajstić information content (AvgIpc) is 2.28. The second-order valence-corrected chi connectivity index (χ2v) is 4.21. The molecule has 0 saturated carbocycles. The van der Waals surface area contributed by atoms with Crippen molar-refractivity contribution < 1.29 is 14.7 Å². The highest BCUT2D eigenvalue weighted by Gasteiger charge is 2.16. The molecule has 1 amide bonds. The van der Waals surface area contributed by atoms with Gasteiger partial charge in [0.15, 0.2) is 0 Å². The van der Waals surface area contributed by atoms with Crippen LogP contribution in [-0.4, -0.2) is 28.5 Å². The lowest BCUT2D eigenvalue weighted by molar-refractivity contribution is -0.140. The number of amides is 1. The molecule has 0 aliphatic heterocycles. The van der Waals surface area contributed by atoms with Gasteiger partial charge >= 0.3 is 5.97 Å². The Morgan fingerprint density at radius 1 is 1.47 bits per heavy atom. The minimum absolute atomic E-state index is 0.00130. The smallest absolute Gasteiger partial charge is 0.308 e. The molecule has 92 valence electrons. The number of carbonyl (C=O) groups is 2. The zero-order valence-electron chi connectivity index (χ0n) is 8.91. The van der Waals surface area contributed by atoms with Gasteiger partial charge in [-0.25, -0.2) is 4.98 Å². The fourth-order valence-corrected chi connectivity index (χ4v) is 1.33. The van der Waals surface area contributed by atoms with Crippen LogP contribution in [0, 0.1) is 5.92 Å². The number of pyridine rings is 1. The van der Waals surface area contributed by atoms with Crippen molar-refractivity contribution >= 4 is 35.1 Å². The third-order valence-electron chi connectivity index (χ3n) is 2.02. The number of carboxylic acids is 1. The van der Waals surface area contributed by atoms with Crippen molar-refractivity contribution in [3.63, 3.8) is 0 Å². The molecule has 0 saturated heterocycles. The highest BCUT2D eigenvalue weighted by Crippen LogP contribution is 2.16. The van der Waals surface area contributed by atoms with Crippen molar-refractivity contribution in [1.29, 1.82) is 0 Å². The van der Waals surface area contributed by atoms with Gasteiger partial charge in [0, 0.05) is 6.54 Å². The number of carbonyl (C=O) groups excluding carboxylic acids is 1. The van der Waals surface area contributed by atoms with Crippen LogP contribution in [0.5, 0.6) is 0 Å². The van der Waals surface area contributed by atoms with E-state index >= 15 is 0 Å². The molecule has 1 atom stereocenters. The number of hydrogen-bond acceptors (Lipinski definition) is 3. The number of hydrogen-bond donors (Lipinski definition) is 2. The normalized spacial score (nSPS) is 11.9. The molecule has 0 aliphatic rings. The molecular formula is C10H10Cl2N2O3. The van der Waals surface area contributed by atoms with Crippen molar-refractivity contribution in [3.8, 4) is 0 Å². The first-order chi connectivity index (χ1) is 7.91. The molecule has 7 heteroatoms. The summed E-state index contributed by atoms with van der Waals surface area (Å²) in [6.07, 6.45) is 0. The summed E-state index contributed by atoms with van der Waals surface area (Å²) in [4.78, 5) is 26.0. The van der Waals surface area contributed by atoms with Crippen LogP contribution < -0.4 is 5.32 Å². The van der Waals surface area contributed by atoms with Crippen LogP contribution in [0.4, 0.5) is 0 Å². The van der Waals surface area contributed by atoms with E-state index in [1.807, 2.05) is 0 Å². The van der Waals surface area contributed by atoms with Gasteiger partial charge in [0.2, 0.25) is 0 Å². The van der Waals surface area contributed by atoms with Crippen LogP contribution in [0.2, 0.25) is 10.2 Å². The van der Waals surface area contributed by atoms with Gasteiger partial charge in [-0.05, 0) is 12.1 Å². The van der Waals surface area contributed by atoms with Crippen molar-refractivity contribution in [2.75, 3.05) is 6.54 Å². The summed E-state index contributed by atoms with van der Waals surface area (Å²) in [6, 6.07) is 2.91. The maximum atomic E-state index is 11.6. The zero-order chi connectivity index (χ0) is 13.0. The van der Waals surface area contributed by atoms with E-state index in [0.29, 0.717) is 0 Å². The summed E-state index contributed by atoms with van der Waals surface area (Å²) in [6.45, 7) is 1.48. The Morgan fingerprint density at radius 2 is 2.12 bits per heavy atom. The van der Waals surface area contributed by atoms with E-state index < -0.39 is 17.8 Å². The molecule has 0 spiro atoms. The van der Waals surface area contributed by atoms with Gasteiger partial charge in [-0.15, -0.1) is 0 Å². The number of aromatic nitrogens is 1. The summed E-state index contributed by atoms with van der Waals surface area (Å²) < 4.78 is 0. The quantitative estimate of drug-likeness (QED) is 0.823. The number of rotatable bonds is 4. The highest BCUT2D eigenvalue weighted by molar-refractivity contribution is 6.34. The molecule has 0 fully saturated rings. The average molecular weight is 277 g/mol. The van der Waals surface area contributed by atoms with Gasteiger partial charge in [0.25, 0.3) is 5.91 Å². The van der Waals surface area contributed by atoms with Gasteiger partial charge in [0.05, 0.1) is 10.9 Å². The van der Waals surface area contributed by atoms with Gasteiger partial charge in [0.1, 0.15) is 10.8 Å². The zero-order valence-corrected chi connectivity index (χ0v) is 10.4. The molecule has 5 nitrogen and oxygen atoms in total. The van der Waals surface area contributed by atoms with Gasteiger partial charge in [-0.1, -0.05) is 30.1 Å². The van der Waals surface area contributed by atoms with Gasteiger partial charge < -0.3 is 10.4 Å². The molecule has 1 aromatic heterocycles. The Morgan fingerprint density at radius 3 is 2.71 bits per heavy atom. The first-order valence-corrected chi connectivity index (χ1v) is 5.50. The van der Waals surface area contributed by atoms with E-state index in [0.717, 1.165) is 0 Å². The molecule has 0 bridgehead atoms. The number of nitrogens with one attached hydrogen (secondary N) is 1. The standard InChI is InChI=1S/C10H10Cl2N2O3/c1-5(10(16)17)4-13-9(15)8-6(11)2-3-7(12)14-8/h2-3,5H,4H2,1H3,(H,13,15)(H,16,17). The lowest BCUT2D eigenvalue weighted by Gasteiger charge is -2.08. The predicted molar refractivity (Wildman–Crippen MR) is 63.4 cm³/mol. The molecule has 17 heavy (non-hydrogen) atoms. The Balaban J connectivity index is 2.70. The summed E-state index contributed by atoms with van der Waals surface area (Å²) in [5.74, 6) is -2.22. The fraction of sp³-hybridized carbons (Fsp3) is 0.300. The number of aliphatic carboxylic acids is 1. The largest absolute Gasteiger partial charge is 0.481 e. The van der Waals surface area contributed by atoms with E-state index in [9.17, 15) is 9.59 Å². The Bertz CT molecular complexity index is 451. The van der Waals surface area contributed by atoms with E-state index in [1.54, 1.807) is 0 Å². The maximum Gasteiger partial charge on any atom is 0.308 e. The van der Waals surface area contributed by atoms with Crippen LogP contribution in [0.25, 0.3) is 0 Å². The molecule has 1 rings (SSSR count). The summed E-state index contributed by atoms with van der Waals surface area (Å²) in [5.41, 5.74) is -0.0169. The molecular weight excluding hydrogens is 267 g/mol. The maximum absolute atomic E-state index is 11.6. The summed E-state index contributed by atoms with van der Waals surface area (Å²) in [5, 5.41) is 11.4. The van der Waals surface area contributed by atoms with Crippen LogP contribution in [0.15, 0.2) is 12.1 Å². The Labute approximate surface area is 108 Å². The van der Waals surface area contributed by atoms with Crippen molar-refractivity contribution in [2.45, 2.75) is 6.92 Å². The van der Waals surface area contributed by atoms with Gasteiger partial charge in [-0.2, -0.15) is 0 Å². The fourth-order valence-electron chi connectivity index (χ4n) is 0.994. The van der Waals surface area contributed by atoms with Crippen LogP contribution in [-0.2, 0) is 4.79 Å². The van der Waals surface area contributed by atoms with E-state index in [-0.39, 0.29) is 22.4 Å². The molecule has 1 unspecified atom stereocenters. The monoisotopic (exact) mass is 276 g/mol. The van der Waals surface area contributed by atoms with Crippen molar-refractivity contribution in [3.05, 3.63) is 28.0 Å². The third kappa shape index (κ3) is 3.87. The lowest BCUT2D eigenvalue weighted by atomic mass is 10.2. The lowest BCUT2D eigenvalue weighted by Crippen LogP contribution is -2.32. The van der Waals surface area contributed by atoms with Crippen LogP contribution in [0.3, 0.4) is 0 Å². The topological polar surface area (TPSA) is 79.3 Å². The minimum atomic E-state index is -0.990. The predicted octanol–water partition coefficient (Wildman–Crippen LogP) is 1.84. The minimum Gasteiger partial charge on any atom is -0.481 e. The van der Waals surface area contributed by atoms with E-state index in [2.05, 4.69) is 10.3 Å². The van der Waals surface area contributed by atoms with E-state index in [4.69, 9.17) is 28.3 Å². The highest BCUT2D eigenvalue weighted by atomic mass is 35.5. The van der Waals surface area contributed by atoms with Gasteiger partial charge in [-0.3, -0.25) is 9.59 Å². The second kappa shape index (κ2) is 5.84. The molecule has 1 heterocycles. The molecule has 0 aliphatic carbocycles. The number of halogens is 2. The van der Waals surface area contributed by atoms with E-state index in [1.165, 1.54) is 19.1 Å². The Kier molecular flexibility index (Phi) is 4.72. The number of nitrogens with zero attached hydrogens (tertiary/aromatic N) is 1. The SMILES string of the molecule is CC(CNC(=O)c1nc(Cl)ccc1Cl)C(=O)O. The van der Waals surface area contributed by atoms with Crippen molar-refractivity contribution in [2.24, 2.45) is 5.92 Å². The first kappa shape index (κ1) is 13.7. The first-order valence-electron chi connectivity index (χ1n) is 4.75. The second-order valence-electron chi connectivity index (χ2n) is 3.41. The molecule has 0 aromatic carbocycles. The summed E-state index contributed by atoms with van der Waals surface area (Å²) >= 11 is 11.4. The van der Waals surface area contributed by atoms with Crippen molar-refractivity contribution in [1.82, 2.24) is 10.3 Å². The third-order valence-corrected chi connectivity index (χ3v) is 2.53. The molecule has 0 radical (unpaired) electrons. The van der Waals surface area contributed by atoms with Crippen LogP contribution >= 0.6 is 23.2 Å². The molecule has 1 aromatic rings. The molecule has 2 N–H and O–H groups in total. The number of carboxylic acid groups (broad SMARTS) is 1.